The maximum absolute atomic E-state index is 11.8. The van der Waals surface area contributed by atoms with E-state index in [-0.39, 0.29) is 30.2 Å². The fourth-order valence-corrected chi connectivity index (χ4v) is 2.97. The summed E-state index contributed by atoms with van der Waals surface area (Å²) in [5, 5.41) is 13.2. The number of carbonyl (C=O) groups is 2. The average molecular weight is 368 g/mol. The van der Waals surface area contributed by atoms with E-state index in [1.165, 1.54) is 12.3 Å². The molecule has 1 aliphatic rings. The number of carbonyl (C=O) groups excluding carboxylic acids is 2. The van der Waals surface area contributed by atoms with Crippen molar-refractivity contribution in [3.05, 3.63) is 29.5 Å². The Morgan fingerprint density at radius 1 is 1.44 bits per heavy atom. The first-order chi connectivity index (χ1) is 12.9. The third-order valence-electron chi connectivity index (χ3n) is 4.21. The first-order valence-electron chi connectivity index (χ1n) is 8.64. The zero-order valence-corrected chi connectivity index (χ0v) is 15.1. The van der Waals surface area contributed by atoms with Crippen molar-refractivity contribution in [2.75, 3.05) is 6.61 Å². The summed E-state index contributed by atoms with van der Waals surface area (Å²) in [7, 11) is 0. The number of nitrogens with one attached hydrogen (secondary N) is 1. The maximum atomic E-state index is 11.8. The highest BCUT2D eigenvalue weighted by atomic mass is 16.5. The second-order valence-corrected chi connectivity index (χ2v) is 6.63. The van der Waals surface area contributed by atoms with Gasteiger partial charge >= 0.3 is 0 Å². The molecule has 8 nitrogen and oxygen atoms in total. The number of hydrogen-bond acceptors (Lipinski definition) is 6. The van der Waals surface area contributed by atoms with E-state index in [1.807, 2.05) is 13.8 Å². The molecule has 1 unspecified atom stereocenters. The lowest BCUT2D eigenvalue weighted by Crippen LogP contribution is -2.31. The Morgan fingerprint density at radius 3 is 2.81 bits per heavy atom. The zero-order chi connectivity index (χ0) is 19.6. The molecule has 1 saturated heterocycles. The fourth-order valence-electron chi connectivity index (χ4n) is 2.97. The number of amides is 2. The topological polar surface area (TPSA) is 127 Å². The van der Waals surface area contributed by atoms with Crippen molar-refractivity contribution in [1.29, 1.82) is 5.26 Å². The molecule has 2 aromatic rings. The van der Waals surface area contributed by atoms with Gasteiger partial charge in [0.05, 0.1) is 23.3 Å². The molecular formula is C19H20N4O4. The van der Waals surface area contributed by atoms with Crippen molar-refractivity contribution in [2.45, 2.75) is 38.8 Å². The van der Waals surface area contributed by atoms with E-state index >= 15 is 0 Å². The van der Waals surface area contributed by atoms with Crippen molar-refractivity contribution in [2.24, 2.45) is 5.73 Å². The number of ether oxygens (including phenoxy) is 2. The minimum absolute atomic E-state index is 0.0000321. The third-order valence-corrected chi connectivity index (χ3v) is 4.21. The highest BCUT2D eigenvalue weighted by molar-refractivity contribution is 6.03. The molecule has 1 atom stereocenters. The smallest absolute Gasteiger partial charge is 0.252 e. The Hall–Kier alpha value is -3.34. The molecule has 140 valence electrons. The number of nitriles is 1. The SMILES string of the molecule is CC(C)Oc1cc2c(OCC3CCC(=O)N3)ncc(C#N)c2cc1C(N)=O. The summed E-state index contributed by atoms with van der Waals surface area (Å²) in [6.45, 7) is 3.93. The Kier molecular flexibility index (Phi) is 5.12. The molecule has 3 rings (SSSR count). The van der Waals surface area contributed by atoms with Crippen LogP contribution >= 0.6 is 0 Å². The molecule has 2 amide bonds. The number of nitrogens with zero attached hydrogens (tertiary/aromatic N) is 2. The third kappa shape index (κ3) is 3.92. The Labute approximate surface area is 156 Å². The minimum atomic E-state index is -0.649. The summed E-state index contributed by atoms with van der Waals surface area (Å²) in [5.74, 6) is -0.0416. The van der Waals surface area contributed by atoms with Gasteiger partial charge in [-0.2, -0.15) is 5.26 Å². The lowest BCUT2D eigenvalue weighted by atomic mass is 10.0. The number of pyridine rings is 1. The second-order valence-electron chi connectivity index (χ2n) is 6.63. The number of aromatic nitrogens is 1. The normalized spacial score (nSPS) is 16.2. The lowest BCUT2D eigenvalue weighted by Gasteiger charge is -2.17. The van der Waals surface area contributed by atoms with E-state index in [2.05, 4.69) is 16.4 Å². The van der Waals surface area contributed by atoms with Gasteiger partial charge in [0.25, 0.3) is 5.91 Å². The summed E-state index contributed by atoms with van der Waals surface area (Å²) in [4.78, 5) is 27.4. The van der Waals surface area contributed by atoms with Gasteiger partial charge in [-0.05, 0) is 32.4 Å². The maximum Gasteiger partial charge on any atom is 0.252 e. The van der Waals surface area contributed by atoms with Gasteiger partial charge in [-0.15, -0.1) is 0 Å². The molecule has 1 aliphatic heterocycles. The predicted octanol–water partition coefficient (Wildman–Crippen LogP) is 1.65. The van der Waals surface area contributed by atoms with Gasteiger partial charge in [0.15, 0.2) is 0 Å². The molecule has 8 heteroatoms. The Bertz CT molecular complexity index is 949. The van der Waals surface area contributed by atoms with E-state index < -0.39 is 5.91 Å². The highest BCUT2D eigenvalue weighted by Gasteiger charge is 2.23. The number of benzene rings is 1. The van der Waals surface area contributed by atoms with E-state index in [9.17, 15) is 14.9 Å². The van der Waals surface area contributed by atoms with Crippen LogP contribution in [0.3, 0.4) is 0 Å². The molecule has 0 radical (unpaired) electrons. The van der Waals surface area contributed by atoms with E-state index in [0.717, 1.165) is 0 Å². The van der Waals surface area contributed by atoms with Crippen LogP contribution in [0.25, 0.3) is 10.8 Å². The van der Waals surface area contributed by atoms with Crippen LogP contribution in [0.4, 0.5) is 0 Å². The van der Waals surface area contributed by atoms with Gasteiger partial charge < -0.3 is 20.5 Å². The molecule has 0 aliphatic carbocycles. The van der Waals surface area contributed by atoms with Crippen molar-refractivity contribution < 1.29 is 19.1 Å². The molecule has 27 heavy (non-hydrogen) atoms. The Morgan fingerprint density at radius 2 is 2.22 bits per heavy atom. The largest absolute Gasteiger partial charge is 0.490 e. The van der Waals surface area contributed by atoms with Gasteiger partial charge in [-0.25, -0.2) is 4.98 Å². The van der Waals surface area contributed by atoms with Crippen LogP contribution in [0.2, 0.25) is 0 Å². The van der Waals surface area contributed by atoms with Gasteiger partial charge in [0, 0.05) is 23.4 Å². The molecule has 0 bridgehead atoms. The van der Waals surface area contributed by atoms with Gasteiger partial charge in [0.2, 0.25) is 11.8 Å². The Balaban J connectivity index is 2.04. The molecular weight excluding hydrogens is 348 g/mol. The van der Waals surface area contributed by atoms with Crippen molar-refractivity contribution in [3.8, 4) is 17.7 Å². The first-order valence-corrected chi connectivity index (χ1v) is 8.64. The van der Waals surface area contributed by atoms with Gasteiger partial charge in [-0.3, -0.25) is 9.59 Å². The van der Waals surface area contributed by atoms with E-state index in [0.29, 0.717) is 40.8 Å². The van der Waals surface area contributed by atoms with Crippen molar-refractivity contribution in [3.63, 3.8) is 0 Å². The van der Waals surface area contributed by atoms with E-state index in [4.69, 9.17) is 15.2 Å². The molecule has 2 heterocycles. The first kappa shape index (κ1) is 18.5. The van der Waals surface area contributed by atoms with Crippen LogP contribution in [0.5, 0.6) is 11.6 Å². The number of fused-ring (bicyclic) bond motifs is 1. The lowest BCUT2D eigenvalue weighted by molar-refractivity contribution is -0.119. The monoisotopic (exact) mass is 368 g/mol. The number of primary amides is 1. The zero-order valence-electron chi connectivity index (χ0n) is 15.1. The van der Waals surface area contributed by atoms with Crippen LogP contribution in [0, 0.1) is 11.3 Å². The fraction of sp³-hybridized carbons (Fsp3) is 0.368. The highest BCUT2D eigenvalue weighted by Crippen LogP contribution is 2.33. The van der Waals surface area contributed by atoms with Crippen LogP contribution < -0.4 is 20.5 Å². The molecule has 1 aromatic heterocycles. The van der Waals surface area contributed by atoms with Gasteiger partial charge in [0.1, 0.15) is 18.4 Å². The molecule has 1 aromatic carbocycles. The molecule has 0 saturated carbocycles. The summed E-state index contributed by atoms with van der Waals surface area (Å²) < 4.78 is 11.5. The van der Waals surface area contributed by atoms with Crippen molar-refractivity contribution in [1.82, 2.24) is 10.3 Å². The van der Waals surface area contributed by atoms with Crippen LogP contribution in [0.15, 0.2) is 18.3 Å². The minimum Gasteiger partial charge on any atom is -0.490 e. The second kappa shape index (κ2) is 7.50. The number of hydrogen-bond donors (Lipinski definition) is 2. The summed E-state index contributed by atoms with van der Waals surface area (Å²) in [5.41, 5.74) is 5.96. The average Bonchev–Trinajstić information content (AvgIpc) is 3.03. The number of rotatable bonds is 6. The van der Waals surface area contributed by atoms with Crippen LogP contribution in [-0.2, 0) is 4.79 Å². The quantitative estimate of drug-likeness (QED) is 0.798. The number of nitrogens with two attached hydrogens (primary N) is 1. The summed E-state index contributed by atoms with van der Waals surface area (Å²) in [6.07, 6.45) is 2.38. The van der Waals surface area contributed by atoms with Crippen LogP contribution in [0.1, 0.15) is 42.6 Å². The van der Waals surface area contributed by atoms with Gasteiger partial charge in [-0.1, -0.05) is 0 Å². The summed E-state index contributed by atoms with van der Waals surface area (Å²) in [6, 6.07) is 5.12. The molecule has 3 N–H and O–H groups in total. The molecule has 1 fully saturated rings. The predicted molar refractivity (Wildman–Crippen MR) is 97.4 cm³/mol. The van der Waals surface area contributed by atoms with E-state index in [1.54, 1.807) is 6.07 Å². The van der Waals surface area contributed by atoms with Crippen LogP contribution in [-0.4, -0.2) is 35.6 Å². The standard InChI is InChI=1S/C19H20N4O4/c1-10(2)27-16-6-14-13(5-15(16)18(21)25)11(7-20)8-22-19(14)26-9-12-3-4-17(24)23-12/h5-6,8,10,12H,3-4,9H2,1-2H3,(H2,21,25)(H,23,24). The van der Waals surface area contributed by atoms with Crippen molar-refractivity contribution >= 4 is 22.6 Å². The molecule has 0 spiro atoms. The summed E-state index contributed by atoms with van der Waals surface area (Å²) >= 11 is 0.